The van der Waals surface area contributed by atoms with Crippen LogP contribution in [-0.4, -0.2) is 42.2 Å². The van der Waals surface area contributed by atoms with Gasteiger partial charge in [0.25, 0.3) is 11.8 Å². The van der Waals surface area contributed by atoms with E-state index in [2.05, 4.69) is 5.32 Å². The van der Waals surface area contributed by atoms with Crippen LogP contribution >= 0.6 is 0 Å². The van der Waals surface area contributed by atoms with Crippen molar-refractivity contribution in [2.24, 2.45) is 5.73 Å². The zero-order chi connectivity index (χ0) is 19.6. The number of benzene rings is 2. The lowest BCUT2D eigenvalue weighted by atomic mass is 10.1. The molecule has 2 aromatic rings. The van der Waals surface area contributed by atoms with Gasteiger partial charge in [0.1, 0.15) is 5.75 Å². The van der Waals surface area contributed by atoms with E-state index in [4.69, 9.17) is 10.5 Å². The fourth-order valence-corrected chi connectivity index (χ4v) is 2.83. The maximum atomic E-state index is 12.3. The Kier molecular flexibility index (Phi) is 4.89. The lowest BCUT2D eigenvalue weighted by molar-refractivity contribution is -0.116. The summed E-state index contributed by atoms with van der Waals surface area (Å²) in [6.45, 7) is -0.0595. The number of hydrogen-bond donors (Lipinski definition) is 2. The van der Waals surface area contributed by atoms with Crippen LogP contribution in [0.4, 0.5) is 5.69 Å². The quantitative estimate of drug-likeness (QED) is 0.749. The smallest absolute Gasteiger partial charge is 0.261 e. The normalized spacial score (nSPS) is 12.7. The molecule has 0 bridgehead atoms. The lowest BCUT2D eigenvalue weighted by Gasteiger charge is -2.15. The molecular formula is C19H17N3O5. The van der Waals surface area contributed by atoms with E-state index in [1.54, 1.807) is 24.3 Å². The molecule has 0 spiro atoms. The minimum absolute atomic E-state index is 0.0595. The van der Waals surface area contributed by atoms with Gasteiger partial charge in [-0.3, -0.25) is 24.1 Å². The third-order valence-electron chi connectivity index (χ3n) is 4.20. The number of nitrogens with one attached hydrogen (secondary N) is 1. The number of anilines is 1. The number of nitrogens with zero attached hydrogens (tertiary/aromatic N) is 1. The summed E-state index contributed by atoms with van der Waals surface area (Å²) in [6, 6.07) is 10.9. The Balaban J connectivity index is 1.68. The van der Waals surface area contributed by atoms with Gasteiger partial charge in [0.2, 0.25) is 11.8 Å². The van der Waals surface area contributed by atoms with Crippen molar-refractivity contribution in [1.82, 2.24) is 4.90 Å². The van der Waals surface area contributed by atoms with E-state index in [1.165, 1.54) is 25.3 Å². The van der Waals surface area contributed by atoms with Crippen LogP contribution in [0, 0.1) is 0 Å². The van der Waals surface area contributed by atoms with Crippen molar-refractivity contribution in [1.29, 1.82) is 0 Å². The number of rotatable bonds is 6. The van der Waals surface area contributed by atoms with Gasteiger partial charge in [0.15, 0.2) is 0 Å². The average molecular weight is 367 g/mol. The van der Waals surface area contributed by atoms with E-state index in [0.29, 0.717) is 16.9 Å². The van der Waals surface area contributed by atoms with E-state index in [9.17, 15) is 19.2 Å². The first-order valence-electron chi connectivity index (χ1n) is 8.15. The Morgan fingerprint density at radius 3 is 2.26 bits per heavy atom. The first-order chi connectivity index (χ1) is 12.9. The van der Waals surface area contributed by atoms with Crippen LogP contribution in [0.5, 0.6) is 5.75 Å². The molecule has 0 radical (unpaired) electrons. The fraction of sp³-hybridized carbons (Fsp3) is 0.158. The monoisotopic (exact) mass is 367 g/mol. The number of carbonyl (C=O) groups is 4. The molecular weight excluding hydrogens is 350 g/mol. The van der Waals surface area contributed by atoms with E-state index in [0.717, 1.165) is 4.90 Å². The van der Waals surface area contributed by atoms with Gasteiger partial charge in [0, 0.05) is 18.5 Å². The molecule has 1 heterocycles. The maximum Gasteiger partial charge on any atom is 0.261 e. The molecule has 0 aromatic heterocycles. The van der Waals surface area contributed by atoms with Crippen molar-refractivity contribution in [3.63, 3.8) is 0 Å². The number of ether oxygens (including phenoxy) is 1. The second-order valence-corrected chi connectivity index (χ2v) is 5.89. The molecule has 2 aromatic carbocycles. The first-order valence-corrected chi connectivity index (χ1v) is 8.15. The van der Waals surface area contributed by atoms with Crippen molar-refractivity contribution >= 4 is 29.3 Å². The molecule has 0 unspecified atom stereocenters. The average Bonchev–Trinajstić information content (AvgIpc) is 2.91. The van der Waals surface area contributed by atoms with Crippen LogP contribution < -0.4 is 15.8 Å². The van der Waals surface area contributed by atoms with E-state index in [1.807, 2.05) is 0 Å². The number of amides is 4. The Hall–Kier alpha value is -3.68. The number of carbonyl (C=O) groups excluding carboxylic acids is 4. The summed E-state index contributed by atoms with van der Waals surface area (Å²) < 4.78 is 5.15. The second-order valence-electron chi connectivity index (χ2n) is 5.89. The summed E-state index contributed by atoms with van der Waals surface area (Å²) in [5.74, 6) is -1.56. The molecule has 138 valence electrons. The van der Waals surface area contributed by atoms with Crippen molar-refractivity contribution in [3.8, 4) is 5.75 Å². The van der Waals surface area contributed by atoms with Gasteiger partial charge in [-0.2, -0.15) is 0 Å². The standard InChI is InChI=1S/C19H17N3O5/c1-27-15-7-6-11(17(20)24)10-14(15)21-16(23)8-9-22-18(25)12-4-2-3-5-13(12)19(22)26/h2-7,10H,8-9H2,1H3,(H2,20,24)(H,21,23). The highest BCUT2D eigenvalue weighted by Gasteiger charge is 2.34. The number of primary amides is 1. The Morgan fingerprint density at radius 2 is 1.70 bits per heavy atom. The molecule has 0 fully saturated rings. The molecule has 1 aliphatic rings. The van der Waals surface area contributed by atoms with Crippen LogP contribution in [-0.2, 0) is 4.79 Å². The van der Waals surface area contributed by atoms with Gasteiger partial charge >= 0.3 is 0 Å². The second kappa shape index (κ2) is 7.28. The molecule has 0 saturated carbocycles. The maximum absolute atomic E-state index is 12.3. The van der Waals surface area contributed by atoms with Gasteiger partial charge in [0.05, 0.1) is 23.9 Å². The van der Waals surface area contributed by atoms with Crippen LogP contribution in [0.3, 0.4) is 0 Å². The molecule has 8 nitrogen and oxygen atoms in total. The van der Waals surface area contributed by atoms with Gasteiger partial charge in [-0.1, -0.05) is 12.1 Å². The number of fused-ring (bicyclic) bond motifs is 1. The topological polar surface area (TPSA) is 119 Å². The third-order valence-corrected chi connectivity index (χ3v) is 4.20. The highest BCUT2D eigenvalue weighted by Crippen LogP contribution is 2.26. The molecule has 3 rings (SSSR count). The fourth-order valence-electron chi connectivity index (χ4n) is 2.83. The summed E-state index contributed by atoms with van der Waals surface area (Å²) >= 11 is 0. The highest BCUT2D eigenvalue weighted by molar-refractivity contribution is 6.21. The van der Waals surface area contributed by atoms with Crippen LogP contribution in [0.2, 0.25) is 0 Å². The Labute approximate surface area is 154 Å². The first kappa shape index (κ1) is 18.1. The van der Waals surface area contributed by atoms with Crippen molar-refractivity contribution < 1.29 is 23.9 Å². The van der Waals surface area contributed by atoms with E-state index >= 15 is 0 Å². The molecule has 8 heteroatoms. The number of hydrogen-bond acceptors (Lipinski definition) is 5. The van der Waals surface area contributed by atoms with E-state index < -0.39 is 23.6 Å². The van der Waals surface area contributed by atoms with Crippen molar-refractivity contribution in [3.05, 3.63) is 59.2 Å². The minimum Gasteiger partial charge on any atom is -0.495 e. The van der Waals surface area contributed by atoms with Crippen LogP contribution in [0.15, 0.2) is 42.5 Å². The molecule has 0 saturated heterocycles. The number of nitrogens with two attached hydrogens (primary N) is 1. The van der Waals surface area contributed by atoms with E-state index in [-0.39, 0.29) is 24.2 Å². The molecule has 1 aliphatic heterocycles. The number of imide groups is 1. The number of methoxy groups -OCH3 is 1. The van der Waals surface area contributed by atoms with Gasteiger partial charge in [-0.05, 0) is 30.3 Å². The summed E-state index contributed by atoms with van der Waals surface area (Å²) in [5.41, 5.74) is 6.40. The predicted molar refractivity (Wildman–Crippen MR) is 96.6 cm³/mol. The molecule has 3 N–H and O–H groups in total. The van der Waals surface area contributed by atoms with Crippen molar-refractivity contribution in [2.75, 3.05) is 19.0 Å². The van der Waals surface area contributed by atoms with Crippen LogP contribution in [0.1, 0.15) is 37.5 Å². The van der Waals surface area contributed by atoms with Crippen LogP contribution in [0.25, 0.3) is 0 Å². The van der Waals surface area contributed by atoms with Crippen molar-refractivity contribution in [2.45, 2.75) is 6.42 Å². The Bertz CT molecular complexity index is 919. The van der Waals surface area contributed by atoms with Gasteiger partial charge in [-0.15, -0.1) is 0 Å². The highest BCUT2D eigenvalue weighted by atomic mass is 16.5. The van der Waals surface area contributed by atoms with Gasteiger partial charge < -0.3 is 15.8 Å². The van der Waals surface area contributed by atoms with Gasteiger partial charge in [-0.25, -0.2) is 0 Å². The summed E-state index contributed by atoms with van der Waals surface area (Å²) in [7, 11) is 1.42. The third kappa shape index (κ3) is 3.50. The lowest BCUT2D eigenvalue weighted by Crippen LogP contribution is -2.32. The zero-order valence-electron chi connectivity index (χ0n) is 14.5. The predicted octanol–water partition coefficient (Wildman–Crippen LogP) is 1.42. The summed E-state index contributed by atoms with van der Waals surface area (Å²) in [5, 5.41) is 2.61. The molecule has 0 aliphatic carbocycles. The minimum atomic E-state index is -0.640. The summed E-state index contributed by atoms with van der Waals surface area (Å²) in [6.07, 6.45) is -0.102. The Morgan fingerprint density at radius 1 is 1.07 bits per heavy atom. The zero-order valence-corrected chi connectivity index (χ0v) is 14.5. The SMILES string of the molecule is COc1ccc(C(N)=O)cc1NC(=O)CCN1C(=O)c2ccccc2C1=O. The molecule has 27 heavy (non-hydrogen) atoms. The molecule has 0 atom stereocenters. The molecule has 4 amide bonds. The summed E-state index contributed by atoms with van der Waals surface area (Å²) in [4.78, 5) is 49.2. The largest absolute Gasteiger partial charge is 0.495 e.